The predicted octanol–water partition coefficient (Wildman–Crippen LogP) is 2.76. The molecule has 1 aromatic rings. The molecule has 0 aliphatic heterocycles. The van der Waals surface area contributed by atoms with Gasteiger partial charge < -0.3 is 10.5 Å². The third-order valence-electron chi connectivity index (χ3n) is 2.52. The van der Waals surface area contributed by atoms with E-state index in [0.717, 1.165) is 5.56 Å². The predicted molar refractivity (Wildman–Crippen MR) is 59.5 cm³/mol. The molecule has 1 rings (SSSR count). The van der Waals surface area contributed by atoms with Crippen LogP contribution < -0.4 is 5.73 Å². The average molecular weight is 214 g/mol. The van der Waals surface area contributed by atoms with Crippen molar-refractivity contribution in [1.29, 1.82) is 0 Å². The van der Waals surface area contributed by atoms with Crippen LogP contribution in [0.1, 0.15) is 25.5 Å². The number of halogens is 1. The molecule has 2 N–H and O–H groups in total. The Morgan fingerprint density at radius 2 is 1.93 bits per heavy atom. The van der Waals surface area contributed by atoms with E-state index in [1.54, 1.807) is 7.11 Å². The first-order chi connectivity index (χ1) is 6.49. The van der Waals surface area contributed by atoms with Crippen LogP contribution in [0.4, 0.5) is 0 Å². The van der Waals surface area contributed by atoms with Crippen LogP contribution in [0.25, 0.3) is 0 Å². The molecule has 0 fully saturated rings. The van der Waals surface area contributed by atoms with E-state index in [1.807, 2.05) is 38.1 Å². The fourth-order valence-corrected chi connectivity index (χ4v) is 1.48. The normalized spacial score (nSPS) is 14.1. The molecule has 0 saturated carbocycles. The smallest absolute Gasteiger partial charge is 0.0815 e. The summed E-state index contributed by atoms with van der Waals surface area (Å²) >= 11 is 6.05. The van der Waals surface area contributed by atoms with Gasteiger partial charge in [-0.2, -0.15) is 0 Å². The van der Waals surface area contributed by atoms with Crippen LogP contribution in [0.2, 0.25) is 5.02 Å². The van der Waals surface area contributed by atoms with E-state index in [2.05, 4.69) is 0 Å². The molecule has 0 radical (unpaired) electrons. The lowest BCUT2D eigenvalue weighted by atomic mass is 9.92. The number of hydrogen-bond acceptors (Lipinski definition) is 2. The topological polar surface area (TPSA) is 35.2 Å². The molecule has 1 unspecified atom stereocenters. The summed E-state index contributed by atoms with van der Waals surface area (Å²) in [6, 6.07) is 7.35. The third kappa shape index (κ3) is 2.27. The summed E-state index contributed by atoms with van der Waals surface area (Å²) in [5, 5.41) is 0.685. The van der Waals surface area contributed by atoms with Crippen LogP contribution in [0.15, 0.2) is 24.3 Å². The quantitative estimate of drug-likeness (QED) is 0.838. The molecule has 3 heteroatoms. The van der Waals surface area contributed by atoms with Crippen LogP contribution in [0.5, 0.6) is 0 Å². The minimum atomic E-state index is -0.412. The van der Waals surface area contributed by atoms with Crippen molar-refractivity contribution in [3.8, 4) is 0 Å². The summed E-state index contributed by atoms with van der Waals surface area (Å²) < 4.78 is 5.33. The van der Waals surface area contributed by atoms with Crippen molar-refractivity contribution in [1.82, 2.24) is 0 Å². The highest BCUT2D eigenvalue weighted by atomic mass is 35.5. The van der Waals surface area contributed by atoms with Gasteiger partial charge in [-0.25, -0.2) is 0 Å². The van der Waals surface area contributed by atoms with Gasteiger partial charge in [0.2, 0.25) is 0 Å². The Kier molecular flexibility index (Phi) is 3.53. The lowest BCUT2D eigenvalue weighted by Gasteiger charge is -2.30. The Bertz CT molecular complexity index is 312. The van der Waals surface area contributed by atoms with Gasteiger partial charge in [0, 0.05) is 12.1 Å². The summed E-state index contributed by atoms with van der Waals surface area (Å²) in [4.78, 5) is 0. The molecule has 2 nitrogen and oxygen atoms in total. The molecule has 0 saturated heterocycles. The van der Waals surface area contributed by atoms with Crippen molar-refractivity contribution in [2.45, 2.75) is 25.5 Å². The maximum atomic E-state index is 6.07. The van der Waals surface area contributed by atoms with Gasteiger partial charge in [-0.05, 0) is 25.5 Å². The van der Waals surface area contributed by atoms with E-state index in [4.69, 9.17) is 22.1 Å². The standard InChI is InChI=1S/C11H16ClNO/c1-11(2,14-3)10(13)8-6-4-5-7-9(8)12/h4-7,10H,13H2,1-3H3. The minimum Gasteiger partial charge on any atom is -0.377 e. The van der Waals surface area contributed by atoms with Crippen molar-refractivity contribution < 1.29 is 4.74 Å². The molecule has 0 aliphatic carbocycles. The van der Waals surface area contributed by atoms with E-state index >= 15 is 0 Å². The van der Waals surface area contributed by atoms with E-state index in [0.29, 0.717) is 5.02 Å². The second kappa shape index (κ2) is 4.30. The summed E-state index contributed by atoms with van der Waals surface area (Å²) in [5.41, 5.74) is 6.58. The summed E-state index contributed by atoms with van der Waals surface area (Å²) in [7, 11) is 1.65. The third-order valence-corrected chi connectivity index (χ3v) is 2.86. The Morgan fingerprint density at radius 1 is 1.36 bits per heavy atom. The van der Waals surface area contributed by atoms with E-state index in [-0.39, 0.29) is 6.04 Å². The molecule has 14 heavy (non-hydrogen) atoms. The van der Waals surface area contributed by atoms with Crippen molar-refractivity contribution in [2.75, 3.05) is 7.11 Å². The molecule has 0 bridgehead atoms. The second-order valence-corrected chi connectivity index (χ2v) is 4.21. The Morgan fingerprint density at radius 3 is 2.43 bits per heavy atom. The largest absolute Gasteiger partial charge is 0.377 e. The summed E-state index contributed by atoms with van der Waals surface area (Å²) in [5.74, 6) is 0. The number of hydrogen-bond donors (Lipinski definition) is 1. The summed E-state index contributed by atoms with van der Waals surface area (Å²) in [6.45, 7) is 3.89. The minimum absolute atomic E-state index is 0.221. The second-order valence-electron chi connectivity index (χ2n) is 3.81. The van der Waals surface area contributed by atoms with Crippen LogP contribution >= 0.6 is 11.6 Å². The van der Waals surface area contributed by atoms with Gasteiger partial charge in [0.05, 0.1) is 11.6 Å². The first kappa shape index (κ1) is 11.5. The van der Waals surface area contributed by atoms with Gasteiger partial charge >= 0.3 is 0 Å². The highest BCUT2D eigenvalue weighted by molar-refractivity contribution is 6.31. The number of benzene rings is 1. The first-order valence-corrected chi connectivity index (χ1v) is 4.92. The van der Waals surface area contributed by atoms with Gasteiger partial charge in [-0.15, -0.1) is 0 Å². The molecule has 0 aromatic heterocycles. The number of ether oxygens (including phenoxy) is 1. The Labute approximate surface area is 90.0 Å². The number of methoxy groups -OCH3 is 1. The Hall–Kier alpha value is -0.570. The monoisotopic (exact) mass is 213 g/mol. The maximum Gasteiger partial charge on any atom is 0.0815 e. The number of nitrogens with two attached hydrogens (primary N) is 1. The molecule has 0 spiro atoms. The van der Waals surface area contributed by atoms with Gasteiger partial charge in [0.1, 0.15) is 0 Å². The lowest BCUT2D eigenvalue weighted by molar-refractivity contribution is -0.00000919. The van der Waals surface area contributed by atoms with Crippen molar-refractivity contribution in [3.63, 3.8) is 0 Å². The molecular weight excluding hydrogens is 198 g/mol. The zero-order valence-corrected chi connectivity index (χ0v) is 9.51. The van der Waals surface area contributed by atoms with Gasteiger partial charge in [-0.3, -0.25) is 0 Å². The van der Waals surface area contributed by atoms with Gasteiger partial charge in [0.25, 0.3) is 0 Å². The van der Waals surface area contributed by atoms with Crippen LogP contribution in [0.3, 0.4) is 0 Å². The zero-order valence-electron chi connectivity index (χ0n) is 8.75. The number of rotatable bonds is 3. The van der Waals surface area contributed by atoms with Crippen LogP contribution in [-0.4, -0.2) is 12.7 Å². The van der Waals surface area contributed by atoms with E-state index in [1.165, 1.54) is 0 Å². The summed E-state index contributed by atoms with van der Waals surface area (Å²) in [6.07, 6.45) is 0. The fraction of sp³-hybridized carbons (Fsp3) is 0.455. The SMILES string of the molecule is COC(C)(C)C(N)c1ccccc1Cl. The highest BCUT2D eigenvalue weighted by Crippen LogP contribution is 2.30. The average Bonchev–Trinajstić information content (AvgIpc) is 2.17. The van der Waals surface area contributed by atoms with Crippen LogP contribution in [-0.2, 0) is 4.74 Å². The molecule has 0 amide bonds. The van der Waals surface area contributed by atoms with Gasteiger partial charge in [-0.1, -0.05) is 29.8 Å². The molecule has 78 valence electrons. The molecule has 1 aromatic carbocycles. The van der Waals surface area contributed by atoms with Gasteiger partial charge in [0.15, 0.2) is 0 Å². The first-order valence-electron chi connectivity index (χ1n) is 4.54. The highest BCUT2D eigenvalue weighted by Gasteiger charge is 2.28. The molecule has 0 aliphatic rings. The zero-order chi connectivity index (χ0) is 10.8. The van der Waals surface area contributed by atoms with E-state index in [9.17, 15) is 0 Å². The maximum absolute atomic E-state index is 6.07. The van der Waals surface area contributed by atoms with Crippen LogP contribution in [0, 0.1) is 0 Å². The van der Waals surface area contributed by atoms with Crippen molar-refractivity contribution in [2.24, 2.45) is 5.73 Å². The molecule has 1 atom stereocenters. The Balaban J connectivity index is 3.00. The fourth-order valence-electron chi connectivity index (χ4n) is 1.23. The van der Waals surface area contributed by atoms with Crippen molar-refractivity contribution in [3.05, 3.63) is 34.9 Å². The van der Waals surface area contributed by atoms with E-state index < -0.39 is 5.60 Å². The van der Waals surface area contributed by atoms with Crippen molar-refractivity contribution >= 4 is 11.6 Å². The lowest BCUT2D eigenvalue weighted by Crippen LogP contribution is -2.37. The molecular formula is C11H16ClNO. The molecule has 0 heterocycles.